The first-order valence-corrected chi connectivity index (χ1v) is 12.2. The zero-order chi connectivity index (χ0) is 23.3. The van der Waals surface area contributed by atoms with Gasteiger partial charge in [-0.25, -0.2) is 13.2 Å². The lowest BCUT2D eigenvalue weighted by Crippen LogP contribution is -2.37. The summed E-state index contributed by atoms with van der Waals surface area (Å²) in [7, 11) is -3.30. The van der Waals surface area contributed by atoms with E-state index >= 15 is 0 Å². The molecule has 0 spiro atoms. The highest BCUT2D eigenvalue weighted by molar-refractivity contribution is 7.94. The van der Waals surface area contributed by atoms with Crippen LogP contribution in [0, 0.1) is 13.8 Å². The number of carbonyl (C=O) groups excluding carboxylic acids is 1. The summed E-state index contributed by atoms with van der Waals surface area (Å²) < 4.78 is 34.7. The van der Waals surface area contributed by atoms with Crippen molar-refractivity contribution in [2.75, 3.05) is 5.75 Å². The Labute approximate surface area is 189 Å². The molecule has 1 atom stereocenters. The molecule has 1 aliphatic heterocycles. The molecule has 1 N–H and O–H groups in total. The second-order valence-corrected chi connectivity index (χ2v) is 10.2. The second-order valence-electron chi connectivity index (χ2n) is 8.29. The minimum atomic E-state index is -3.30. The summed E-state index contributed by atoms with van der Waals surface area (Å²) in [5.41, 5.74) is 4.06. The number of sulfone groups is 1. The quantitative estimate of drug-likeness (QED) is 0.462. The molecule has 0 saturated heterocycles. The Morgan fingerprint density at radius 3 is 2.61 bits per heavy atom. The van der Waals surface area contributed by atoms with Crippen LogP contribution < -0.4 is 10.9 Å². The van der Waals surface area contributed by atoms with E-state index < -0.39 is 27.4 Å². The van der Waals surface area contributed by atoms with Gasteiger partial charge in [0.25, 0.3) is 0 Å². The molecule has 1 aliphatic rings. The van der Waals surface area contributed by atoms with Gasteiger partial charge in [0, 0.05) is 16.4 Å². The third-order valence-corrected chi connectivity index (χ3v) is 7.38. The molecule has 168 valence electrons. The maximum absolute atomic E-state index is 12.7. The maximum atomic E-state index is 12.7. The number of nitrogens with one attached hydrogen (secondary N) is 1. The Bertz CT molecular complexity index is 1610. The normalized spacial score (nSPS) is 17.1. The molecular weight excluding hydrogens is 442 g/mol. The highest BCUT2D eigenvalue weighted by atomic mass is 32.2. The molecule has 1 amide bonds. The van der Waals surface area contributed by atoms with Gasteiger partial charge in [-0.1, -0.05) is 30.3 Å². The van der Waals surface area contributed by atoms with Crippen LogP contribution in [-0.4, -0.2) is 26.1 Å². The summed E-state index contributed by atoms with van der Waals surface area (Å²) in [6, 6.07) is 11.1. The van der Waals surface area contributed by atoms with E-state index in [1.807, 2.05) is 43.3 Å². The van der Waals surface area contributed by atoms with Crippen LogP contribution in [0.5, 0.6) is 0 Å². The lowest BCUT2D eigenvalue weighted by Gasteiger charge is -2.12. The number of benzene rings is 2. The minimum Gasteiger partial charge on any atom is -0.463 e. The van der Waals surface area contributed by atoms with Crippen LogP contribution in [-0.2, 0) is 21.1 Å². The third kappa shape index (κ3) is 3.76. The fraction of sp³-hybridized carbons (Fsp3) is 0.200. The average Bonchev–Trinajstić information content (AvgIpc) is 3.35. The summed E-state index contributed by atoms with van der Waals surface area (Å²) in [6.45, 7) is 3.70. The van der Waals surface area contributed by atoms with Crippen LogP contribution in [0.2, 0.25) is 0 Å². The van der Waals surface area contributed by atoms with Crippen molar-refractivity contribution in [1.29, 1.82) is 0 Å². The Morgan fingerprint density at radius 1 is 1.15 bits per heavy atom. The van der Waals surface area contributed by atoms with Gasteiger partial charge in [0.05, 0.1) is 35.4 Å². The minimum absolute atomic E-state index is 0.182. The SMILES string of the molecule is Cc1cc2oc(=O)c(CC(=O)N[C@H]3C=CS(=O)(=O)C3)c(C)c2c2occ(-c3ccccc3)c12. The Morgan fingerprint density at radius 2 is 1.91 bits per heavy atom. The molecule has 33 heavy (non-hydrogen) atoms. The number of aryl methyl sites for hydroxylation is 2. The van der Waals surface area contributed by atoms with Crippen molar-refractivity contribution in [3.8, 4) is 11.1 Å². The van der Waals surface area contributed by atoms with Crippen molar-refractivity contribution in [2.24, 2.45) is 0 Å². The van der Waals surface area contributed by atoms with Crippen LogP contribution in [0.1, 0.15) is 16.7 Å². The van der Waals surface area contributed by atoms with E-state index in [1.165, 1.54) is 6.08 Å². The van der Waals surface area contributed by atoms with Gasteiger partial charge in [-0.3, -0.25) is 4.79 Å². The number of rotatable bonds is 4. The number of hydrogen-bond acceptors (Lipinski definition) is 6. The highest BCUT2D eigenvalue weighted by Gasteiger charge is 2.25. The van der Waals surface area contributed by atoms with Crippen molar-refractivity contribution in [2.45, 2.75) is 26.3 Å². The molecule has 0 unspecified atom stereocenters. The first-order chi connectivity index (χ1) is 15.7. The van der Waals surface area contributed by atoms with Crippen LogP contribution in [0.15, 0.2) is 67.8 Å². The summed E-state index contributed by atoms with van der Waals surface area (Å²) in [5.74, 6) is -0.636. The first-order valence-electron chi connectivity index (χ1n) is 10.5. The molecule has 7 nitrogen and oxygen atoms in total. The van der Waals surface area contributed by atoms with E-state index in [4.69, 9.17) is 8.83 Å². The van der Waals surface area contributed by atoms with Crippen molar-refractivity contribution in [3.63, 3.8) is 0 Å². The Balaban J connectivity index is 1.58. The molecule has 4 aromatic rings. The second kappa shape index (κ2) is 7.74. The van der Waals surface area contributed by atoms with Crippen LogP contribution >= 0.6 is 0 Å². The highest BCUT2D eigenvalue weighted by Crippen LogP contribution is 2.38. The van der Waals surface area contributed by atoms with E-state index in [0.29, 0.717) is 22.1 Å². The van der Waals surface area contributed by atoms with Crippen molar-refractivity contribution in [1.82, 2.24) is 5.32 Å². The molecular formula is C25H21NO6S. The van der Waals surface area contributed by atoms with E-state index in [-0.39, 0.29) is 17.7 Å². The van der Waals surface area contributed by atoms with Crippen molar-refractivity contribution < 1.29 is 22.0 Å². The topological polar surface area (TPSA) is 107 Å². The van der Waals surface area contributed by atoms with Crippen molar-refractivity contribution >= 4 is 37.7 Å². The van der Waals surface area contributed by atoms with Gasteiger partial charge in [0.15, 0.2) is 9.84 Å². The van der Waals surface area contributed by atoms with E-state index in [0.717, 1.165) is 27.5 Å². The molecule has 0 fully saturated rings. The van der Waals surface area contributed by atoms with Gasteiger partial charge < -0.3 is 14.2 Å². The van der Waals surface area contributed by atoms with E-state index in [9.17, 15) is 18.0 Å². The van der Waals surface area contributed by atoms with Gasteiger partial charge in [-0.2, -0.15) is 0 Å². The lowest BCUT2D eigenvalue weighted by atomic mass is 9.96. The molecule has 8 heteroatoms. The average molecular weight is 464 g/mol. The monoisotopic (exact) mass is 463 g/mol. The molecule has 2 aromatic carbocycles. The molecule has 3 heterocycles. The van der Waals surface area contributed by atoms with Crippen LogP contribution in [0.4, 0.5) is 0 Å². The van der Waals surface area contributed by atoms with Crippen molar-refractivity contribution in [3.05, 3.63) is 81.3 Å². The molecule has 5 rings (SSSR count). The van der Waals surface area contributed by atoms with Gasteiger partial charge in [0.2, 0.25) is 5.91 Å². The predicted molar refractivity (Wildman–Crippen MR) is 126 cm³/mol. The molecule has 0 saturated carbocycles. The summed E-state index contributed by atoms with van der Waals surface area (Å²) >= 11 is 0. The third-order valence-electron chi connectivity index (χ3n) is 5.98. The molecule has 2 aromatic heterocycles. The van der Waals surface area contributed by atoms with E-state index in [2.05, 4.69) is 5.32 Å². The smallest absolute Gasteiger partial charge is 0.340 e. The molecule has 0 radical (unpaired) electrons. The first kappa shape index (κ1) is 21.2. The fourth-order valence-electron chi connectivity index (χ4n) is 4.41. The lowest BCUT2D eigenvalue weighted by molar-refractivity contribution is -0.120. The largest absolute Gasteiger partial charge is 0.463 e. The Hall–Kier alpha value is -3.65. The number of hydrogen-bond donors (Lipinski definition) is 1. The summed E-state index contributed by atoms with van der Waals surface area (Å²) in [5, 5.41) is 5.30. The standard InChI is InChI=1S/C25H21NO6S/c1-14-10-20-23(24-22(14)19(12-31-24)16-6-4-3-5-7-16)15(2)18(25(28)32-20)11-21(27)26-17-8-9-33(29,30)13-17/h3-10,12,17H,11,13H2,1-2H3,(H,26,27)/t17-/m0/s1. The fourth-order valence-corrected chi connectivity index (χ4v) is 5.64. The van der Waals surface area contributed by atoms with Gasteiger partial charge >= 0.3 is 5.63 Å². The van der Waals surface area contributed by atoms with Gasteiger partial charge in [-0.05, 0) is 42.7 Å². The Kier molecular flexibility index (Phi) is 4.97. The van der Waals surface area contributed by atoms with Crippen LogP contribution in [0.3, 0.4) is 0 Å². The van der Waals surface area contributed by atoms with Crippen LogP contribution in [0.25, 0.3) is 33.1 Å². The summed E-state index contributed by atoms with van der Waals surface area (Å²) in [6.07, 6.45) is 2.90. The van der Waals surface area contributed by atoms with E-state index in [1.54, 1.807) is 13.2 Å². The number of fused-ring (bicyclic) bond motifs is 3. The molecule has 0 aliphatic carbocycles. The summed E-state index contributed by atoms with van der Waals surface area (Å²) in [4.78, 5) is 25.3. The number of carbonyl (C=O) groups is 1. The predicted octanol–water partition coefficient (Wildman–Crippen LogP) is 3.79. The maximum Gasteiger partial charge on any atom is 0.340 e. The number of furan rings is 1. The molecule has 0 bridgehead atoms. The number of amides is 1. The zero-order valence-corrected chi connectivity index (χ0v) is 18.9. The zero-order valence-electron chi connectivity index (χ0n) is 18.0. The van der Waals surface area contributed by atoms with Gasteiger partial charge in [-0.15, -0.1) is 0 Å². The van der Waals surface area contributed by atoms with Gasteiger partial charge in [0.1, 0.15) is 11.2 Å².